The summed E-state index contributed by atoms with van der Waals surface area (Å²) in [6, 6.07) is 4.96. The monoisotopic (exact) mass is 342 g/mol. The third kappa shape index (κ3) is 4.38. The van der Waals surface area contributed by atoms with Gasteiger partial charge in [0.2, 0.25) is 0 Å². The van der Waals surface area contributed by atoms with Crippen LogP contribution in [0.15, 0.2) is 30.9 Å². The summed E-state index contributed by atoms with van der Waals surface area (Å²) in [4.78, 5) is 16.5. The third-order valence-corrected chi connectivity index (χ3v) is 4.16. The molecule has 6 heteroatoms. The van der Waals surface area contributed by atoms with Gasteiger partial charge in [0.15, 0.2) is 6.10 Å². The molecule has 1 saturated heterocycles. The van der Waals surface area contributed by atoms with Crippen molar-refractivity contribution in [1.82, 2.24) is 9.80 Å². The topological polar surface area (TPSA) is 32.8 Å². The molecule has 1 atom stereocenters. The van der Waals surface area contributed by atoms with Crippen LogP contribution in [0.3, 0.4) is 0 Å². The first-order chi connectivity index (χ1) is 10.5. The van der Waals surface area contributed by atoms with Gasteiger partial charge in [0.1, 0.15) is 5.75 Å². The van der Waals surface area contributed by atoms with Crippen molar-refractivity contribution in [1.29, 1.82) is 0 Å². The van der Waals surface area contributed by atoms with Crippen molar-refractivity contribution in [3.05, 3.63) is 40.9 Å². The highest BCUT2D eigenvalue weighted by atomic mass is 35.5. The number of carbonyl (C=O) groups is 1. The molecular formula is C16H20Cl2N2O2. The van der Waals surface area contributed by atoms with Crippen LogP contribution in [0.2, 0.25) is 10.0 Å². The van der Waals surface area contributed by atoms with Gasteiger partial charge in [0.05, 0.1) is 5.02 Å². The molecule has 0 saturated carbocycles. The third-order valence-electron chi connectivity index (χ3n) is 3.62. The van der Waals surface area contributed by atoms with Crippen LogP contribution in [0.1, 0.15) is 6.92 Å². The molecule has 0 bridgehead atoms. The highest BCUT2D eigenvalue weighted by Gasteiger charge is 2.26. The van der Waals surface area contributed by atoms with Gasteiger partial charge >= 0.3 is 0 Å². The number of piperazine rings is 1. The molecule has 0 radical (unpaired) electrons. The van der Waals surface area contributed by atoms with E-state index in [0.717, 1.165) is 19.6 Å². The maximum absolute atomic E-state index is 12.4. The molecule has 0 N–H and O–H groups in total. The zero-order chi connectivity index (χ0) is 16.1. The van der Waals surface area contributed by atoms with Crippen LogP contribution in [0.4, 0.5) is 0 Å². The Bertz CT molecular complexity index is 543. The Kier molecular flexibility index (Phi) is 6.12. The summed E-state index contributed by atoms with van der Waals surface area (Å²) < 4.78 is 5.68. The SMILES string of the molecule is C=CCN1CCN(C(=O)[C@H](C)Oc2cc(Cl)ccc2Cl)CC1. The number of halogens is 2. The Morgan fingerprint density at radius 3 is 2.68 bits per heavy atom. The van der Waals surface area contributed by atoms with Gasteiger partial charge in [-0.1, -0.05) is 29.3 Å². The van der Waals surface area contributed by atoms with Gasteiger partial charge in [-0.25, -0.2) is 0 Å². The summed E-state index contributed by atoms with van der Waals surface area (Å²) in [6.07, 6.45) is 1.28. The molecule has 1 fully saturated rings. The fourth-order valence-corrected chi connectivity index (χ4v) is 2.72. The van der Waals surface area contributed by atoms with Crippen molar-refractivity contribution in [2.45, 2.75) is 13.0 Å². The van der Waals surface area contributed by atoms with Gasteiger partial charge in [-0.3, -0.25) is 9.69 Å². The highest BCUT2D eigenvalue weighted by molar-refractivity contribution is 6.34. The maximum Gasteiger partial charge on any atom is 0.263 e. The number of ether oxygens (including phenoxy) is 1. The van der Waals surface area contributed by atoms with E-state index in [9.17, 15) is 4.79 Å². The lowest BCUT2D eigenvalue weighted by Gasteiger charge is -2.35. The van der Waals surface area contributed by atoms with E-state index in [4.69, 9.17) is 27.9 Å². The quantitative estimate of drug-likeness (QED) is 0.771. The molecule has 0 aliphatic carbocycles. The van der Waals surface area contributed by atoms with Gasteiger partial charge in [-0.2, -0.15) is 0 Å². The van der Waals surface area contributed by atoms with Crippen LogP contribution in [0, 0.1) is 0 Å². The van der Waals surface area contributed by atoms with E-state index >= 15 is 0 Å². The van der Waals surface area contributed by atoms with Crippen molar-refractivity contribution in [2.75, 3.05) is 32.7 Å². The second kappa shape index (κ2) is 7.86. The molecule has 1 aromatic carbocycles. The molecule has 1 aliphatic heterocycles. The first-order valence-corrected chi connectivity index (χ1v) is 8.00. The summed E-state index contributed by atoms with van der Waals surface area (Å²) in [5, 5.41) is 0.969. The summed E-state index contributed by atoms with van der Waals surface area (Å²) >= 11 is 12.0. The van der Waals surface area contributed by atoms with Crippen molar-refractivity contribution in [3.8, 4) is 5.75 Å². The van der Waals surface area contributed by atoms with Crippen LogP contribution in [0.5, 0.6) is 5.75 Å². The predicted octanol–water partition coefficient (Wildman–Crippen LogP) is 3.09. The Labute approximate surface area is 141 Å². The van der Waals surface area contributed by atoms with E-state index < -0.39 is 6.10 Å². The molecule has 1 aromatic rings. The second-order valence-electron chi connectivity index (χ2n) is 5.25. The van der Waals surface area contributed by atoms with Gasteiger partial charge in [0.25, 0.3) is 5.91 Å². The van der Waals surface area contributed by atoms with Crippen LogP contribution in [-0.4, -0.2) is 54.5 Å². The van der Waals surface area contributed by atoms with E-state index in [-0.39, 0.29) is 5.91 Å². The minimum atomic E-state index is -0.595. The average molecular weight is 343 g/mol. The number of amides is 1. The molecule has 1 heterocycles. The maximum atomic E-state index is 12.4. The molecule has 120 valence electrons. The van der Waals surface area contributed by atoms with Crippen LogP contribution in [0.25, 0.3) is 0 Å². The molecule has 1 amide bonds. The molecule has 0 unspecified atom stereocenters. The highest BCUT2D eigenvalue weighted by Crippen LogP contribution is 2.28. The molecule has 0 spiro atoms. The Hall–Kier alpha value is -1.23. The lowest BCUT2D eigenvalue weighted by molar-refractivity contribution is -0.139. The van der Waals surface area contributed by atoms with Gasteiger partial charge in [0, 0.05) is 43.8 Å². The minimum absolute atomic E-state index is 0.0331. The average Bonchev–Trinajstić information content (AvgIpc) is 2.51. The summed E-state index contributed by atoms with van der Waals surface area (Å²) in [6.45, 7) is 9.41. The number of nitrogens with zero attached hydrogens (tertiary/aromatic N) is 2. The van der Waals surface area contributed by atoms with Crippen molar-refractivity contribution >= 4 is 29.1 Å². The number of rotatable bonds is 5. The smallest absolute Gasteiger partial charge is 0.263 e. The Balaban J connectivity index is 1.92. The lowest BCUT2D eigenvalue weighted by Crippen LogP contribution is -2.51. The van der Waals surface area contributed by atoms with Gasteiger partial charge in [-0.05, 0) is 19.1 Å². The zero-order valence-corrected chi connectivity index (χ0v) is 14.1. The number of benzene rings is 1. The van der Waals surface area contributed by atoms with Gasteiger partial charge in [-0.15, -0.1) is 6.58 Å². The fourth-order valence-electron chi connectivity index (χ4n) is 2.40. The van der Waals surface area contributed by atoms with E-state index in [2.05, 4.69) is 11.5 Å². The second-order valence-corrected chi connectivity index (χ2v) is 6.09. The van der Waals surface area contributed by atoms with Crippen molar-refractivity contribution < 1.29 is 9.53 Å². The molecule has 22 heavy (non-hydrogen) atoms. The summed E-state index contributed by atoms with van der Waals surface area (Å²) in [5.74, 6) is 0.398. The van der Waals surface area contributed by atoms with Crippen molar-refractivity contribution in [3.63, 3.8) is 0 Å². The zero-order valence-electron chi connectivity index (χ0n) is 12.6. The normalized spacial score (nSPS) is 17.1. The van der Waals surface area contributed by atoms with Crippen LogP contribution in [-0.2, 0) is 4.79 Å². The molecular weight excluding hydrogens is 323 g/mol. The predicted molar refractivity (Wildman–Crippen MR) is 89.8 cm³/mol. The fraction of sp³-hybridized carbons (Fsp3) is 0.438. The van der Waals surface area contributed by atoms with Gasteiger partial charge < -0.3 is 9.64 Å². The number of hydrogen-bond donors (Lipinski definition) is 0. The minimum Gasteiger partial charge on any atom is -0.479 e. The largest absolute Gasteiger partial charge is 0.479 e. The van der Waals surface area contributed by atoms with Crippen LogP contribution >= 0.6 is 23.2 Å². The molecule has 1 aliphatic rings. The first kappa shape index (κ1) is 17.1. The molecule has 2 rings (SSSR count). The van der Waals surface area contributed by atoms with E-state index in [0.29, 0.717) is 28.9 Å². The van der Waals surface area contributed by atoms with E-state index in [1.807, 2.05) is 11.0 Å². The molecule has 4 nitrogen and oxygen atoms in total. The number of hydrogen-bond acceptors (Lipinski definition) is 3. The van der Waals surface area contributed by atoms with Crippen LogP contribution < -0.4 is 4.74 Å². The standard InChI is InChI=1S/C16H20Cl2N2O2/c1-3-6-19-7-9-20(10-8-19)16(21)12(2)22-15-11-13(17)4-5-14(15)18/h3-5,11-12H,1,6-10H2,2H3/t12-/m0/s1. The molecule has 0 aromatic heterocycles. The Morgan fingerprint density at radius 2 is 2.05 bits per heavy atom. The first-order valence-electron chi connectivity index (χ1n) is 7.25. The van der Waals surface area contributed by atoms with Crippen molar-refractivity contribution in [2.24, 2.45) is 0 Å². The summed E-state index contributed by atoms with van der Waals surface area (Å²) in [5.41, 5.74) is 0. The number of carbonyl (C=O) groups excluding carboxylic acids is 1. The van der Waals surface area contributed by atoms with E-state index in [1.165, 1.54) is 0 Å². The summed E-state index contributed by atoms with van der Waals surface area (Å²) in [7, 11) is 0. The lowest BCUT2D eigenvalue weighted by atomic mass is 10.2. The Morgan fingerprint density at radius 1 is 1.36 bits per heavy atom. The van der Waals surface area contributed by atoms with E-state index in [1.54, 1.807) is 25.1 Å².